The number of carbonyl (C=O) groups excluding carboxylic acids is 2. The van der Waals surface area contributed by atoms with Gasteiger partial charge in [-0.1, -0.05) is 11.6 Å². The second kappa shape index (κ2) is 8.96. The molecule has 1 aromatic heterocycles. The van der Waals surface area contributed by atoms with Crippen LogP contribution in [-0.4, -0.2) is 25.5 Å². The molecule has 0 aliphatic rings. The van der Waals surface area contributed by atoms with Crippen LogP contribution in [0.5, 0.6) is 11.5 Å². The summed E-state index contributed by atoms with van der Waals surface area (Å²) in [4.78, 5) is 24.0. The van der Waals surface area contributed by atoms with Gasteiger partial charge in [0.05, 0.1) is 24.1 Å². The van der Waals surface area contributed by atoms with Crippen molar-refractivity contribution in [3.63, 3.8) is 0 Å². The van der Waals surface area contributed by atoms with E-state index >= 15 is 0 Å². The number of ether oxygens (including phenoxy) is 2. The Labute approximate surface area is 166 Å². The summed E-state index contributed by atoms with van der Waals surface area (Å²) >= 11 is 6.18. The number of rotatable bonds is 7. The van der Waals surface area contributed by atoms with Gasteiger partial charge in [0.1, 0.15) is 11.5 Å². The molecular formula is C20H17ClN2O5. The maximum atomic E-state index is 12.1. The van der Waals surface area contributed by atoms with E-state index in [-0.39, 0.29) is 23.3 Å². The molecule has 0 fully saturated rings. The molecule has 3 aromatic rings. The molecular weight excluding hydrogens is 384 g/mol. The molecule has 3 rings (SSSR count). The Balaban J connectivity index is 1.54. The molecule has 0 bridgehead atoms. The van der Waals surface area contributed by atoms with Crippen LogP contribution >= 0.6 is 11.6 Å². The van der Waals surface area contributed by atoms with Gasteiger partial charge in [0.15, 0.2) is 12.4 Å². The zero-order valence-electron chi connectivity index (χ0n) is 14.9. The van der Waals surface area contributed by atoms with Crippen molar-refractivity contribution < 1.29 is 23.5 Å². The van der Waals surface area contributed by atoms with E-state index in [0.717, 1.165) is 0 Å². The Kier molecular flexibility index (Phi) is 6.18. The average Bonchev–Trinajstić information content (AvgIpc) is 3.24. The van der Waals surface area contributed by atoms with Crippen LogP contribution in [0.2, 0.25) is 5.02 Å². The van der Waals surface area contributed by atoms with Crippen LogP contribution in [0.1, 0.15) is 10.6 Å². The monoisotopic (exact) mass is 400 g/mol. The summed E-state index contributed by atoms with van der Waals surface area (Å²) in [7, 11) is 1.57. The molecule has 8 heteroatoms. The largest absolute Gasteiger partial charge is 0.497 e. The summed E-state index contributed by atoms with van der Waals surface area (Å²) in [6.45, 7) is -0.166. The van der Waals surface area contributed by atoms with Gasteiger partial charge in [-0.2, -0.15) is 0 Å². The summed E-state index contributed by atoms with van der Waals surface area (Å²) in [6.07, 6.45) is 1.41. The highest BCUT2D eigenvalue weighted by Gasteiger charge is 2.12. The van der Waals surface area contributed by atoms with Crippen molar-refractivity contribution in [2.75, 3.05) is 24.4 Å². The average molecular weight is 401 g/mol. The van der Waals surface area contributed by atoms with E-state index in [9.17, 15) is 9.59 Å². The van der Waals surface area contributed by atoms with Crippen LogP contribution in [0.3, 0.4) is 0 Å². The van der Waals surface area contributed by atoms with E-state index in [2.05, 4.69) is 10.6 Å². The van der Waals surface area contributed by atoms with Crippen molar-refractivity contribution >= 4 is 34.8 Å². The molecule has 1 heterocycles. The third-order valence-corrected chi connectivity index (χ3v) is 3.99. The Morgan fingerprint density at radius 1 is 1.04 bits per heavy atom. The fourth-order valence-electron chi connectivity index (χ4n) is 2.30. The molecule has 2 N–H and O–H groups in total. The Morgan fingerprint density at radius 2 is 1.79 bits per heavy atom. The lowest BCUT2D eigenvalue weighted by atomic mass is 10.2. The summed E-state index contributed by atoms with van der Waals surface area (Å²) in [5.74, 6) is 0.649. The van der Waals surface area contributed by atoms with Crippen molar-refractivity contribution in [3.8, 4) is 11.5 Å². The van der Waals surface area contributed by atoms with Crippen LogP contribution in [0, 0.1) is 0 Å². The summed E-state index contributed by atoms with van der Waals surface area (Å²) in [5.41, 5.74) is 0.875. The number of amides is 2. The maximum Gasteiger partial charge on any atom is 0.291 e. The number of nitrogens with one attached hydrogen (secondary N) is 2. The molecule has 28 heavy (non-hydrogen) atoms. The molecule has 7 nitrogen and oxygen atoms in total. The van der Waals surface area contributed by atoms with Gasteiger partial charge < -0.3 is 24.5 Å². The lowest BCUT2D eigenvalue weighted by Gasteiger charge is -2.10. The fourth-order valence-corrected chi connectivity index (χ4v) is 2.53. The summed E-state index contributed by atoms with van der Waals surface area (Å²) in [6, 6.07) is 14.8. The molecule has 2 amide bonds. The third kappa shape index (κ3) is 5.05. The minimum absolute atomic E-state index is 0.166. The smallest absolute Gasteiger partial charge is 0.291 e. The van der Waals surface area contributed by atoms with Crippen molar-refractivity contribution in [2.24, 2.45) is 0 Å². The Hall–Kier alpha value is -3.45. The highest BCUT2D eigenvalue weighted by atomic mass is 35.5. The Morgan fingerprint density at radius 3 is 2.43 bits per heavy atom. The Bertz CT molecular complexity index is 955. The number of halogens is 1. The SMILES string of the molecule is COc1ccc(OCC(=O)Nc2ccc(NC(=O)c3ccco3)c(Cl)c2)cc1. The van der Waals surface area contributed by atoms with Gasteiger partial charge >= 0.3 is 0 Å². The van der Waals surface area contributed by atoms with Crippen LogP contribution in [-0.2, 0) is 4.79 Å². The third-order valence-electron chi connectivity index (χ3n) is 3.68. The van der Waals surface area contributed by atoms with E-state index in [4.69, 9.17) is 25.5 Å². The highest BCUT2D eigenvalue weighted by molar-refractivity contribution is 6.34. The van der Waals surface area contributed by atoms with E-state index in [1.807, 2.05) is 0 Å². The number of furan rings is 1. The predicted octanol–water partition coefficient (Wildman–Crippen LogP) is 4.21. The van der Waals surface area contributed by atoms with E-state index in [1.165, 1.54) is 12.3 Å². The molecule has 0 spiro atoms. The molecule has 0 aliphatic carbocycles. The first-order chi connectivity index (χ1) is 13.5. The first kappa shape index (κ1) is 19.3. The minimum Gasteiger partial charge on any atom is -0.497 e. The van der Waals surface area contributed by atoms with Crippen LogP contribution < -0.4 is 20.1 Å². The zero-order valence-corrected chi connectivity index (χ0v) is 15.7. The lowest BCUT2D eigenvalue weighted by Crippen LogP contribution is -2.20. The quantitative estimate of drug-likeness (QED) is 0.620. The number of hydrogen-bond donors (Lipinski definition) is 2. The first-order valence-corrected chi connectivity index (χ1v) is 8.64. The number of benzene rings is 2. The van der Waals surface area contributed by atoms with Crippen molar-refractivity contribution in [1.29, 1.82) is 0 Å². The molecule has 0 radical (unpaired) electrons. The van der Waals surface area contributed by atoms with Crippen LogP contribution in [0.25, 0.3) is 0 Å². The van der Waals surface area contributed by atoms with Gasteiger partial charge in [-0.05, 0) is 54.6 Å². The molecule has 0 saturated carbocycles. The lowest BCUT2D eigenvalue weighted by molar-refractivity contribution is -0.118. The predicted molar refractivity (Wildman–Crippen MR) is 105 cm³/mol. The van der Waals surface area contributed by atoms with Crippen molar-refractivity contribution in [3.05, 3.63) is 71.6 Å². The van der Waals surface area contributed by atoms with Crippen molar-refractivity contribution in [2.45, 2.75) is 0 Å². The van der Waals surface area contributed by atoms with Gasteiger partial charge in [0.2, 0.25) is 0 Å². The number of anilines is 2. The zero-order chi connectivity index (χ0) is 19.9. The first-order valence-electron chi connectivity index (χ1n) is 8.26. The van der Waals surface area contributed by atoms with Gasteiger partial charge in [-0.3, -0.25) is 9.59 Å². The molecule has 0 aliphatic heterocycles. The van der Waals surface area contributed by atoms with E-state index < -0.39 is 5.91 Å². The second-order valence-electron chi connectivity index (χ2n) is 5.64. The van der Waals surface area contributed by atoms with Gasteiger partial charge in [0.25, 0.3) is 11.8 Å². The van der Waals surface area contributed by atoms with Gasteiger partial charge in [-0.15, -0.1) is 0 Å². The summed E-state index contributed by atoms with van der Waals surface area (Å²) < 4.78 is 15.5. The van der Waals surface area contributed by atoms with Gasteiger partial charge in [0, 0.05) is 5.69 Å². The standard InChI is InChI=1S/C20H17ClN2O5/c1-26-14-5-7-15(8-6-14)28-12-19(24)22-13-4-9-17(16(21)11-13)23-20(25)18-3-2-10-27-18/h2-11H,12H2,1H3,(H,22,24)(H,23,25). The normalized spacial score (nSPS) is 10.2. The number of carbonyl (C=O) groups is 2. The van der Waals surface area contributed by atoms with Crippen LogP contribution in [0.4, 0.5) is 11.4 Å². The van der Waals surface area contributed by atoms with Crippen molar-refractivity contribution in [1.82, 2.24) is 0 Å². The molecule has 0 saturated heterocycles. The molecule has 2 aromatic carbocycles. The topological polar surface area (TPSA) is 89.8 Å². The molecule has 0 atom stereocenters. The number of methoxy groups -OCH3 is 1. The molecule has 144 valence electrons. The second-order valence-corrected chi connectivity index (χ2v) is 6.05. The summed E-state index contributed by atoms with van der Waals surface area (Å²) in [5, 5.41) is 5.59. The van der Waals surface area contributed by atoms with Crippen LogP contribution in [0.15, 0.2) is 65.3 Å². The maximum absolute atomic E-state index is 12.1. The van der Waals surface area contributed by atoms with Gasteiger partial charge in [-0.25, -0.2) is 0 Å². The highest BCUT2D eigenvalue weighted by Crippen LogP contribution is 2.26. The van der Waals surface area contributed by atoms with E-state index in [1.54, 1.807) is 55.6 Å². The fraction of sp³-hybridized carbons (Fsp3) is 0.100. The number of hydrogen-bond acceptors (Lipinski definition) is 5. The minimum atomic E-state index is -0.420. The van der Waals surface area contributed by atoms with E-state index in [0.29, 0.717) is 22.9 Å². The molecule has 0 unspecified atom stereocenters.